The van der Waals surface area contributed by atoms with E-state index in [1.807, 2.05) is 0 Å². The van der Waals surface area contributed by atoms with Crippen molar-refractivity contribution in [1.82, 2.24) is 5.32 Å². The maximum atomic E-state index is 12.2. The fourth-order valence-electron chi connectivity index (χ4n) is 1.94. The lowest BCUT2D eigenvalue weighted by Gasteiger charge is -2.35. The summed E-state index contributed by atoms with van der Waals surface area (Å²) in [5.41, 5.74) is 4.95. The molecule has 1 atom stereocenters. The van der Waals surface area contributed by atoms with Crippen molar-refractivity contribution >= 4 is 11.9 Å². The van der Waals surface area contributed by atoms with Gasteiger partial charge in [-0.2, -0.15) is 0 Å². The van der Waals surface area contributed by atoms with E-state index in [-0.39, 0.29) is 19.1 Å². The molecule has 1 aliphatic heterocycles. The molecule has 0 bridgehead atoms. The third kappa shape index (κ3) is 3.41. The monoisotopic (exact) mass is 260 g/mol. The molecule has 1 aliphatic rings. The quantitative estimate of drug-likeness (QED) is 0.562. The van der Waals surface area contributed by atoms with Gasteiger partial charge in [0, 0.05) is 26.9 Å². The zero-order valence-electron chi connectivity index (χ0n) is 10.5. The molecule has 0 saturated carbocycles. The molecular formula is C11H20N2O5. The second-order valence-corrected chi connectivity index (χ2v) is 4.42. The molecule has 0 spiro atoms. The summed E-state index contributed by atoms with van der Waals surface area (Å²) in [6.07, 6.45) is 1.02. The molecule has 1 unspecified atom stereocenters. The summed E-state index contributed by atoms with van der Waals surface area (Å²) in [6.45, 7) is 1.04. The lowest BCUT2D eigenvalue weighted by Crippen LogP contribution is -2.54. The number of hydrogen-bond donors (Lipinski definition) is 3. The zero-order chi connectivity index (χ0) is 13.6. The maximum absolute atomic E-state index is 12.2. The van der Waals surface area contributed by atoms with Crippen molar-refractivity contribution in [2.75, 3.05) is 33.5 Å². The molecule has 1 fully saturated rings. The summed E-state index contributed by atoms with van der Waals surface area (Å²) in [5, 5.41) is 11.4. The number of carbonyl (C=O) groups excluding carboxylic acids is 1. The van der Waals surface area contributed by atoms with E-state index in [1.165, 1.54) is 7.11 Å². The molecular weight excluding hydrogens is 240 g/mol. The van der Waals surface area contributed by atoms with Crippen LogP contribution in [0.4, 0.5) is 0 Å². The fraction of sp³-hybridized carbons (Fsp3) is 0.818. The lowest BCUT2D eigenvalue weighted by molar-refractivity contribution is -0.147. The van der Waals surface area contributed by atoms with E-state index in [2.05, 4.69) is 5.32 Å². The van der Waals surface area contributed by atoms with Gasteiger partial charge in [-0.1, -0.05) is 0 Å². The van der Waals surface area contributed by atoms with Gasteiger partial charge in [0.05, 0.1) is 12.0 Å². The van der Waals surface area contributed by atoms with E-state index in [4.69, 9.17) is 20.3 Å². The Hall–Kier alpha value is -1.18. The Morgan fingerprint density at radius 3 is 2.56 bits per heavy atom. The number of carbonyl (C=O) groups is 2. The molecule has 1 rings (SSSR count). The Morgan fingerprint density at radius 1 is 1.50 bits per heavy atom. The Labute approximate surface area is 106 Å². The van der Waals surface area contributed by atoms with Gasteiger partial charge in [0.2, 0.25) is 5.91 Å². The Morgan fingerprint density at radius 2 is 2.11 bits per heavy atom. The topological polar surface area (TPSA) is 111 Å². The van der Waals surface area contributed by atoms with Crippen LogP contribution in [0.25, 0.3) is 0 Å². The number of carboxylic acids is 1. The highest BCUT2D eigenvalue weighted by molar-refractivity contribution is 5.87. The van der Waals surface area contributed by atoms with Crippen molar-refractivity contribution < 1.29 is 24.2 Å². The molecule has 0 aromatic carbocycles. The number of methoxy groups -OCH3 is 1. The molecule has 0 aliphatic carbocycles. The summed E-state index contributed by atoms with van der Waals surface area (Å²) >= 11 is 0. The van der Waals surface area contributed by atoms with E-state index in [0.29, 0.717) is 26.1 Å². The average Bonchev–Trinajstić information content (AvgIpc) is 2.38. The largest absolute Gasteiger partial charge is 0.480 e. The number of ether oxygens (including phenoxy) is 2. The highest BCUT2D eigenvalue weighted by Gasteiger charge is 2.40. The molecule has 7 heteroatoms. The van der Waals surface area contributed by atoms with Gasteiger partial charge in [0.15, 0.2) is 6.04 Å². The number of carboxylic acid groups (broad SMARTS) is 1. The third-order valence-corrected chi connectivity index (χ3v) is 3.26. The van der Waals surface area contributed by atoms with Gasteiger partial charge >= 0.3 is 5.97 Å². The molecule has 1 heterocycles. The minimum Gasteiger partial charge on any atom is -0.480 e. The predicted molar refractivity (Wildman–Crippen MR) is 63.0 cm³/mol. The third-order valence-electron chi connectivity index (χ3n) is 3.26. The summed E-state index contributed by atoms with van der Waals surface area (Å²) in [4.78, 5) is 23.1. The zero-order valence-corrected chi connectivity index (χ0v) is 10.5. The van der Waals surface area contributed by atoms with Crippen LogP contribution in [-0.2, 0) is 19.1 Å². The normalized spacial score (nSPS) is 20.1. The van der Waals surface area contributed by atoms with E-state index in [1.54, 1.807) is 0 Å². The molecule has 4 N–H and O–H groups in total. The fourth-order valence-corrected chi connectivity index (χ4v) is 1.94. The molecule has 7 nitrogen and oxygen atoms in total. The standard InChI is InChI=1S/C11H20N2O5/c1-17-6-8(9(14)15)13-10(16)11(7-12)2-4-18-5-3-11/h8H,2-7,12H2,1H3,(H,13,16)(H,14,15). The molecule has 0 aromatic heterocycles. The van der Waals surface area contributed by atoms with Crippen LogP contribution in [0.1, 0.15) is 12.8 Å². The van der Waals surface area contributed by atoms with Gasteiger partial charge in [-0.05, 0) is 12.8 Å². The van der Waals surface area contributed by atoms with E-state index >= 15 is 0 Å². The number of hydrogen-bond acceptors (Lipinski definition) is 5. The number of aliphatic carboxylic acids is 1. The first kappa shape index (κ1) is 14.9. The second kappa shape index (κ2) is 6.67. The van der Waals surface area contributed by atoms with Crippen molar-refractivity contribution in [2.45, 2.75) is 18.9 Å². The second-order valence-electron chi connectivity index (χ2n) is 4.42. The smallest absolute Gasteiger partial charge is 0.328 e. The molecule has 1 amide bonds. The molecule has 0 aromatic rings. The van der Waals surface area contributed by atoms with Crippen LogP contribution < -0.4 is 11.1 Å². The summed E-state index contributed by atoms with van der Waals surface area (Å²) in [7, 11) is 1.38. The van der Waals surface area contributed by atoms with Crippen LogP contribution >= 0.6 is 0 Å². The van der Waals surface area contributed by atoms with Crippen molar-refractivity contribution in [3.8, 4) is 0 Å². The number of nitrogens with two attached hydrogens (primary N) is 1. The van der Waals surface area contributed by atoms with Gasteiger partial charge in [-0.3, -0.25) is 4.79 Å². The van der Waals surface area contributed by atoms with E-state index < -0.39 is 17.4 Å². The summed E-state index contributed by atoms with van der Waals surface area (Å²) in [6, 6.07) is -1.05. The number of nitrogens with one attached hydrogen (secondary N) is 1. The minimum absolute atomic E-state index is 0.0712. The lowest BCUT2D eigenvalue weighted by atomic mass is 9.79. The van der Waals surface area contributed by atoms with Crippen LogP contribution in [0.5, 0.6) is 0 Å². The first-order valence-corrected chi connectivity index (χ1v) is 5.86. The van der Waals surface area contributed by atoms with Gasteiger partial charge in [-0.25, -0.2) is 4.79 Å². The van der Waals surface area contributed by atoms with Crippen molar-refractivity contribution in [3.63, 3.8) is 0 Å². The van der Waals surface area contributed by atoms with E-state index in [9.17, 15) is 9.59 Å². The molecule has 104 valence electrons. The van der Waals surface area contributed by atoms with Gasteiger partial charge in [0.25, 0.3) is 0 Å². The maximum Gasteiger partial charge on any atom is 0.328 e. The molecule has 18 heavy (non-hydrogen) atoms. The summed E-state index contributed by atoms with van der Waals surface area (Å²) in [5.74, 6) is -1.46. The predicted octanol–water partition coefficient (Wildman–Crippen LogP) is -1.04. The first-order valence-electron chi connectivity index (χ1n) is 5.86. The molecule has 1 saturated heterocycles. The van der Waals surface area contributed by atoms with Gasteiger partial charge in [-0.15, -0.1) is 0 Å². The van der Waals surface area contributed by atoms with Crippen LogP contribution in [0.15, 0.2) is 0 Å². The van der Waals surface area contributed by atoms with Crippen LogP contribution in [-0.4, -0.2) is 56.5 Å². The molecule has 0 radical (unpaired) electrons. The Bertz CT molecular complexity index is 302. The van der Waals surface area contributed by atoms with Crippen molar-refractivity contribution in [1.29, 1.82) is 0 Å². The van der Waals surface area contributed by atoms with Crippen LogP contribution in [0.2, 0.25) is 0 Å². The number of rotatable bonds is 6. The van der Waals surface area contributed by atoms with E-state index in [0.717, 1.165) is 0 Å². The first-order chi connectivity index (χ1) is 8.55. The highest BCUT2D eigenvalue weighted by Crippen LogP contribution is 2.29. The SMILES string of the molecule is COCC(NC(=O)C1(CN)CCOCC1)C(=O)O. The van der Waals surface area contributed by atoms with Gasteiger partial charge < -0.3 is 25.6 Å². The minimum atomic E-state index is -1.12. The number of amides is 1. The Balaban J connectivity index is 2.68. The van der Waals surface area contributed by atoms with Crippen molar-refractivity contribution in [2.24, 2.45) is 11.1 Å². The summed E-state index contributed by atoms with van der Waals surface area (Å²) < 4.78 is 9.97. The van der Waals surface area contributed by atoms with Gasteiger partial charge in [0.1, 0.15) is 0 Å². The van der Waals surface area contributed by atoms with Crippen LogP contribution in [0, 0.1) is 5.41 Å². The van der Waals surface area contributed by atoms with Crippen LogP contribution in [0.3, 0.4) is 0 Å². The Kier molecular flexibility index (Phi) is 5.52. The average molecular weight is 260 g/mol. The van der Waals surface area contributed by atoms with Crippen molar-refractivity contribution in [3.05, 3.63) is 0 Å². The highest BCUT2D eigenvalue weighted by atomic mass is 16.5.